The Morgan fingerprint density at radius 2 is 1.89 bits per heavy atom. The zero-order valence-electron chi connectivity index (χ0n) is 12.1. The number of nitrogens with zero attached hydrogens (tertiary/aromatic N) is 1. The van der Waals surface area contributed by atoms with Gasteiger partial charge in [-0.3, -0.25) is 0 Å². The second kappa shape index (κ2) is 5.40. The quantitative estimate of drug-likeness (QED) is 0.699. The summed E-state index contributed by atoms with van der Waals surface area (Å²) in [6.45, 7) is 6.55. The number of hydrogen-bond acceptors (Lipinski definition) is 1. The Morgan fingerprint density at radius 1 is 1.16 bits per heavy atom. The van der Waals surface area contributed by atoms with Gasteiger partial charge in [-0.15, -0.1) is 0 Å². The Kier molecular flexibility index (Phi) is 3.63. The van der Waals surface area contributed by atoms with Crippen LogP contribution in [0.4, 0.5) is 5.69 Å². The van der Waals surface area contributed by atoms with E-state index in [2.05, 4.69) is 42.7 Å². The highest BCUT2D eigenvalue weighted by molar-refractivity contribution is 5.65. The molecule has 0 bridgehead atoms. The molecule has 1 heterocycles. The van der Waals surface area contributed by atoms with E-state index < -0.39 is 0 Å². The van der Waals surface area contributed by atoms with Crippen molar-refractivity contribution in [2.45, 2.75) is 63.8 Å². The van der Waals surface area contributed by atoms with Gasteiger partial charge >= 0.3 is 0 Å². The normalized spacial score (nSPS) is 26.3. The molecule has 0 saturated heterocycles. The zero-order valence-corrected chi connectivity index (χ0v) is 12.1. The van der Waals surface area contributed by atoms with Crippen molar-refractivity contribution in [2.75, 3.05) is 4.90 Å². The molecule has 0 radical (unpaired) electrons. The van der Waals surface area contributed by atoms with Crippen molar-refractivity contribution in [1.29, 1.82) is 0 Å². The maximum absolute atomic E-state index is 4.33. The lowest BCUT2D eigenvalue weighted by Gasteiger charge is -2.33. The maximum atomic E-state index is 4.33. The van der Waals surface area contributed by atoms with Crippen LogP contribution in [0.5, 0.6) is 0 Å². The minimum Gasteiger partial charge on any atom is -0.342 e. The summed E-state index contributed by atoms with van der Waals surface area (Å²) in [4.78, 5) is 2.56. The van der Waals surface area contributed by atoms with Crippen molar-refractivity contribution in [2.24, 2.45) is 0 Å². The molecule has 1 heteroatoms. The molecule has 1 aromatic carbocycles. The molecule has 1 fully saturated rings. The second-order valence-corrected chi connectivity index (χ2v) is 6.01. The molecule has 0 amide bonds. The summed E-state index contributed by atoms with van der Waals surface area (Å²) in [5.74, 6) is 0.736. The van der Waals surface area contributed by atoms with Gasteiger partial charge in [-0.25, -0.2) is 0 Å². The average Bonchev–Trinajstić information content (AvgIpc) is 2.71. The molecule has 1 saturated carbocycles. The lowest BCUT2D eigenvalue weighted by atomic mass is 9.84. The summed E-state index contributed by atoms with van der Waals surface area (Å²) in [5, 5.41) is 0. The fourth-order valence-corrected chi connectivity index (χ4v) is 3.91. The summed E-state index contributed by atoms with van der Waals surface area (Å²) in [7, 11) is 0. The summed E-state index contributed by atoms with van der Waals surface area (Å²) in [6, 6.07) is 9.68. The fourth-order valence-electron chi connectivity index (χ4n) is 3.91. The first kappa shape index (κ1) is 12.8. The molecule has 102 valence electrons. The van der Waals surface area contributed by atoms with E-state index in [0.717, 1.165) is 12.3 Å². The topological polar surface area (TPSA) is 3.24 Å². The standard InChI is InChI=1S/C18H25N/c1-3-14(2)19-17-12-7-5-4-6-10-15(17)16-11-8-9-13-18(16)19/h8-9,11,13,15,17H,2-7,10,12H2,1H3/t15-,17?/m1/s1. The first-order chi connectivity index (χ1) is 9.33. The van der Waals surface area contributed by atoms with Gasteiger partial charge in [-0.2, -0.15) is 0 Å². The summed E-state index contributed by atoms with van der Waals surface area (Å²) in [5.41, 5.74) is 4.30. The Bertz CT molecular complexity index is 463. The van der Waals surface area contributed by atoms with Crippen molar-refractivity contribution < 1.29 is 0 Å². The van der Waals surface area contributed by atoms with Gasteiger partial charge in [0.1, 0.15) is 0 Å². The molecule has 19 heavy (non-hydrogen) atoms. The Labute approximate surface area is 117 Å². The minimum absolute atomic E-state index is 0.671. The summed E-state index contributed by atoms with van der Waals surface area (Å²) in [6.07, 6.45) is 9.34. The van der Waals surface area contributed by atoms with Gasteiger partial charge in [0.2, 0.25) is 0 Å². The first-order valence-electron chi connectivity index (χ1n) is 7.89. The van der Waals surface area contributed by atoms with Crippen LogP contribution in [-0.4, -0.2) is 6.04 Å². The van der Waals surface area contributed by atoms with Gasteiger partial charge in [-0.05, 0) is 30.9 Å². The van der Waals surface area contributed by atoms with E-state index in [9.17, 15) is 0 Å². The van der Waals surface area contributed by atoms with E-state index in [-0.39, 0.29) is 0 Å². The monoisotopic (exact) mass is 255 g/mol. The molecular formula is C18H25N. The molecule has 0 aromatic heterocycles. The van der Waals surface area contributed by atoms with Crippen molar-refractivity contribution >= 4 is 5.69 Å². The average molecular weight is 255 g/mol. The molecule has 1 aliphatic carbocycles. The Morgan fingerprint density at radius 3 is 2.68 bits per heavy atom. The molecule has 3 rings (SSSR count). The highest BCUT2D eigenvalue weighted by atomic mass is 15.2. The maximum Gasteiger partial charge on any atom is 0.0447 e. The van der Waals surface area contributed by atoms with Gasteiger partial charge in [0.25, 0.3) is 0 Å². The lowest BCUT2D eigenvalue weighted by Crippen LogP contribution is -2.33. The van der Waals surface area contributed by atoms with Crippen molar-refractivity contribution in [3.63, 3.8) is 0 Å². The summed E-state index contributed by atoms with van der Waals surface area (Å²) >= 11 is 0. The highest BCUT2D eigenvalue weighted by Crippen LogP contribution is 2.47. The van der Waals surface area contributed by atoms with E-state index in [4.69, 9.17) is 0 Å². The number of hydrogen-bond donors (Lipinski definition) is 0. The van der Waals surface area contributed by atoms with Gasteiger partial charge in [0.05, 0.1) is 0 Å². The summed E-state index contributed by atoms with van der Waals surface area (Å²) < 4.78 is 0. The van der Waals surface area contributed by atoms with Crippen LogP contribution >= 0.6 is 0 Å². The zero-order chi connectivity index (χ0) is 13.2. The molecule has 0 N–H and O–H groups in total. The third-order valence-corrected chi connectivity index (χ3v) is 4.91. The number of rotatable bonds is 2. The van der Waals surface area contributed by atoms with E-state index in [1.165, 1.54) is 49.9 Å². The van der Waals surface area contributed by atoms with Gasteiger partial charge in [-0.1, -0.05) is 57.4 Å². The smallest absolute Gasteiger partial charge is 0.0447 e. The van der Waals surface area contributed by atoms with Crippen LogP contribution in [0.1, 0.15) is 63.4 Å². The van der Waals surface area contributed by atoms with Gasteiger partial charge in [0, 0.05) is 23.3 Å². The van der Waals surface area contributed by atoms with Crippen molar-refractivity contribution in [1.82, 2.24) is 0 Å². The predicted octanol–water partition coefficient (Wildman–Crippen LogP) is 5.24. The van der Waals surface area contributed by atoms with Crippen LogP contribution < -0.4 is 4.90 Å². The molecule has 1 aliphatic heterocycles. The van der Waals surface area contributed by atoms with Crippen LogP contribution in [0, 0.1) is 0 Å². The van der Waals surface area contributed by atoms with Crippen LogP contribution in [0.25, 0.3) is 0 Å². The molecule has 2 aliphatic rings. The largest absolute Gasteiger partial charge is 0.342 e. The van der Waals surface area contributed by atoms with E-state index in [1.807, 2.05) is 0 Å². The van der Waals surface area contributed by atoms with E-state index in [0.29, 0.717) is 6.04 Å². The third kappa shape index (κ3) is 2.20. The molecule has 1 nitrogen and oxygen atoms in total. The van der Waals surface area contributed by atoms with Gasteiger partial charge in [0.15, 0.2) is 0 Å². The Balaban J connectivity index is 2.00. The number of fused-ring (bicyclic) bond motifs is 3. The highest BCUT2D eigenvalue weighted by Gasteiger charge is 2.38. The predicted molar refractivity (Wildman–Crippen MR) is 82.6 cm³/mol. The minimum atomic E-state index is 0.671. The second-order valence-electron chi connectivity index (χ2n) is 6.01. The molecule has 1 unspecified atom stereocenters. The van der Waals surface area contributed by atoms with E-state index >= 15 is 0 Å². The van der Waals surface area contributed by atoms with Crippen LogP contribution in [0.3, 0.4) is 0 Å². The van der Waals surface area contributed by atoms with Crippen molar-refractivity contribution in [3.05, 3.63) is 42.1 Å². The number of benzene rings is 1. The molecular weight excluding hydrogens is 230 g/mol. The van der Waals surface area contributed by atoms with Crippen LogP contribution in [0.2, 0.25) is 0 Å². The fraction of sp³-hybridized carbons (Fsp3) is 0.556. The van der Waals surface area contributed by atoms with Gasteiger partial charge < -0.3 is 4.90 Å². The third-order valence-electron chi connectivity index (χ3n) is 4.91. The lowest BCUT2D eigenvalue weighted by molar-refractivity contribution is 0.413. The van der Waals surface area contributed by atoms with Crippen LogP contribution in [0.15, 0.2) is 36.5 Å². The molecule has 2 atom stereocenters. The number of para-hydroxylation sites is 1. The first-order valence-corrected chi connectivity index (χ1v) is 7.89. The number of anilines is 1. The number of allylic oxidation sites excluding steroid dienone is 1. The molecule has 1 aromatic rings. The Hall–Kier alpha value is -1.24. The SMILES string of the molecule is C=C(CC)N1c2ccccc2[C@H]2CCCCCCC21. The van der Waals surface area contributed by atoms with E-state index in [1.54, 1.807) is 5.56 Å². The van der Waals surface area contributed by atoms with Crippen LogP contribution in [-0.2, 0) is 0 Å². The molecule has 0 spiro atoms. The van der Waals surface area contributed by atoms with Crippen molar-refractivity contribution in [3.8, 4) is 0 Å².